The van der Waals surface area contributed by atoms with Crippen LogP contribution in [-0.4, -0.2) is 21.8 Å². The van der Waals surface area contributed by atoms with E-state index in [1.165, 1.54) is 0 Å². The number of carbonyl (C=O) groups is 1. The molecular formula is C16H20O3. The summed E-state index contributed by atoms with van der Waals surface area (Å²) in [7, 11) is 0. The van der Waals surface area contributed by atoms with E-state index in [-0.39, 0.29) is 0 Å². The second-order valence-electron chi connectivity index (χ2n) is 5.30. The molecule has 0 bridgehead atoms. The highest BCUT2D eigenvalue weighted by atomic mass is 16.4. The van der Waals surface area contributed by atoms with E-state index < -0.39 is 17.5 Å². The van der Waals surface area contributed by atoms with E-state index >= 15 is 0 Å². The zero-order valence-electron chi connectivity index (χ0n) is 11.2. The Morgan fingerprint density at radius 2 is 1.95 bits per heavy atom. The van der Waals surface area contributed by atoms with Gasteiger partial charge in [0.05, 0.1) is 0 Å². The number of hydrogen-bond acceptors (Lipinski definition) is 2. The summed E-state index contributed by atoms with van der Waals surface area (Å²) >= 11 is 0. The molecule has 1 aliphatic carbocycles. The third-order valence-electron chi connectivity index (χ3n) is 3.88. The maximum Gasteiger partial charge on any atom is 0.314 e. The lowest BCUT2D eigenvalue weighted by atomic mass is 9.75. The van der Waals surface area contributed by atoms with Crippen LogP contribution in [0.15, 0.2) is 42.0 Å². The molecule has 2 rings (SSSR count). The van der Waals surface area contributed by atoms with Crippen LogP contribution >= 0.6 is 0 Å². The van der Waals surface area contributed by atoms with Gasteiger partial charge >= 0.3 is 5.97 Å². The number of hydrogen-bond donors (Lipinski definition) is 2. The largest absolute Gasteiger partial charge is 0.481 e. The smallest absolute Gasteiger partial charge is 0.314 e. The summed E-state index contributed by atoms with van der Waals surface area (Å²) < 4.78 is 0. The highest BCUT2D eigenvalue weighted by molar-refractivity contribution is 5.78. The summed E-state index contributed by atoms with van der Waals surface area (Å²) in [6, 6.07) is 8.97. The Hall–Kier alpha value is -1.61. The lowest BCUT2D eigenvalue weighted by Crippen LogP contribution is -2.40. The van der Waals surface area contributed by atoms with Crippen LogP contribution in [0.5, 0.6) is 0 Å². The molecule has 3 nitrogen and oxygen atoms in total. The van der Waals surface area contributed by atoms with Gasteiger partial charge in [0.15, 0.2) is 0 Å². The van der Waals surface area contributed by atoms with E-state index in [1.54, 1.807) is 31.2 Å². The molecule has 1 aromatic rings. The Bertz CT molecular complexity index is 474. The minimum Gasteiger partial charge on any atom is -0.481 e. The highest BCUT2D eigenvalue weighted by Gasteiger charge is 2.41. The summed E-state index contributed by atoms with van der Waals surface area (Å²) in [6.45, 7) is 1.62. The van der Waals surface area contributed by atoms with Crippen molar-refractivity contribution in [2.45, 2.75) is 44.1 Å². The Labute approximate surface area is 113 Å². The monoisotopic (exact) mass is 260 g/mol. The Kier molecular flexibility index (Phi) is 4.05. The maximum atomic E-state index is 11.6. The molecule has 0 aromatic heterocycles. The first-order valence-corrected chi connectivity index (χ1v) is 6.73. The lowest BCUT2D eigenvalue weighted by molar-refractivity contribution is -0.143. The standard InChI is InChI=1S/C16H20O3/c1-16(19,13-10-6-3-7-11-13)14(15(17)18)12-8-4-2-5-9-12/h2,4-5,8-10,14,19H,3,6-7,11H2,1H3,(H,17,18)/t14-,16-/m1/s1. The van der Waals surface area contributed by atoms with E-state index in [0.717, 1.165) is 31.3 Å². The molecule has 0 heterocycles. The fraction of sp³-hybridized carbons (Fsp3) is 0.438. The molecule has 0 amide bonds. The predicted molar refractivity (Wildman–Crippen MR) is 74.0 cm³/mol. The van der Waals surface area contributed by atoms with E-state index in [1.807, 2.05) is 12.1 Å². The number of carboxylic acids is 1. The molecule has 1 aliphatic rings. The van der Waals surface area contributed by atoms with Crippen LogP contribution in [-0.2, 0) is 4.79 Å². The van der Waals surface area contributed by atoms with Crippen LogP contribution in [0, 0.1) is 0 Å². The van der Waals surface area contributed by atoms with Gasteiger partial charge in [0.1, 0.15) is 11.5 Å². The average molecular weight is 260 g/mol. The molecule has 0 radical (unpaired) electrons. The number of aliphatic carboxylic acids is 1. The summed E-state index contributed by atoms with van der Waals surface area (Å²) in [6.07, 6.45) is 5.84. The van der Waals surface area contributed by atoms with Gasteiger partial charge in [-0.15, -0.1) is 0 Å². The van der Waals surface area contributed by atoms with Gasteiger partial charge in [0.25, 0.3) is 0 Å². The van der Waals surface area contributed by atoms with Crippen molar-refractivity contribution in [1.82, 2.24) is 0 Å². The Morgan fingerprint density at radius 3 is 2.47 bits per heavy atom. The van der Waals surface area contributed by atoms with Crippen LogP contribution in [0.1, 0.15) is 44.1 Å². The molecule has 0 fully saturated rings. The van der Waals surface area contributed by atoms with Gasteiger partial charge in [-0.3, -0.25) is 4.79 Å². The molecule has 0 spiro atoms. The third kappa shape index (κ3) is 2.87. The second-order valence-corrected chi connectivity index (χ2v) is 5.30. The zero-order chi connectivity index (χ0) is 13.9. The number of benzene rings is 1. The van der Waals surface area contributed by atoms with Crippen LogP contribution < -0.4 is 0 Å². The minimum absolute atomic E-state index is 0.645. The van der Waals surface area contributed by atoms with Crippen LogP contribution in [0.3, 0.4) is 0 Å². The molecule has 1 aromatic carbocycles. The predicted octanol–water partition coefficient (Wildman–Crippen LogP) is 3.11. The molecule has 3 heteroatoms. The van der Waals surface area contributed by atoms with Crippen LogP contribution in [0.4, 0.5) is 0 Å². The SMILES string of the molecule is C[C@@](O)(C1=CCCCC1)[C@@H](C(=O)O)c1ccccc1. The average Bonchev–Trinajstić information content (AvgIpc) is 2.40. The fourth-order valence-electron chi connectivity index (χ4n) is 2.84. The van der Waals surface area contributed by atoms with E-state index in [9.17, 15) is 15.0 Å². The first-order chi connectivity index (χ1) is 9.03. The molecule has 0 saturated heterocycles. The summed E-state index contributed by atoms with van der Waals surface area (Å²) in [5, 5.41) is 20.3. The quantitative estimate of drug-likeness (QED) is 0.818. The number of aliphatic hydroxyl groups is 1. The summed E-state index contributed by atoms with van der Waals surface area (Å²) in [5.74, 6) is -1.90. The molecular weight excluding hydrogens is 240 g/mol. The first-order valence-electron chi connectivity index (χ1n) is 6.73. The van der Waals surface area contributed by atoms with Gasteiger partial charge in [0.2, 0.25) is 0 Å². The number of allylic oxidation sites excluding steroid dienone is 1. The highest BCUT2D eigenvalue weighted by Crippen LogP contribution is 2.38. The van der Waals surface area contributed by atoms with Crippen molar-refractivity contribution in [2.24, 2.45) is 0 Å². The summed E-state index contributed by atoms with van der Waals surface area (Å²) in [5.41, 5.74) is 0.176. The molecule has 19 heavy (non-hydrogen) atoms. The zero-order valence-corrected chi connectivity index (χ0v) is 11.2. The number of rotatable bonds is 4. The Balaban J connectivity index is 2.38. The van der Waals surface area contributed by atoms with Gasteiger partial charge in [0, 0.05) is 0 Å². The maximum absolute atomic E-state index is 11.6. The molecule has 0 aliphatic heterocycles. The van der Waals surface area contributed by atoms with Crippen molar-refractivity contribution in [3.05, 3.63) is 47.5 Å². The molecule has 0 unspecified atom stereocenters. The van der Waals surface area contributed by atoms with Crippen molar-refractivity contribution in [2.75, 3.05) is 0 Å². The van der Waals surface area contributed by atoms with Crippen molar-refractivity contribution in [3.63, 3.8) is 0 Å². The molecule has 2 atom stereocenters. The molecule has 0 saturated carbocycles. The Morgan fingerprint density at radius 1 is 1.26 bits per heavy atom. The second kappa shape index (κ2) is 5.57. The van der Waals surface area contributed by atoms with Crippen molar-refractivity contribution in [1.29, 1.82) is 0 Å². The van der Waals surface area contributed by atoms with Gasteiger partial charge < -0.3 is 10.2 Å². The van der Waals surface area contributed by atoms with Crippen LogP contribution in [0.25, 0.3) is 0 Å². The minimum atomic E-state index is -1.33. The first kappa shape index (κ1) is 13.8. The summed E-state index contributed by atoms with van der Waals surface area (Å²) in [4.78, 5) is 11.6. The van der Waals surface area contributed by atoms with E-state index in [4.69, 9.17) is 0 Å². The third-order valence-corrected chi connectivity index (χ3v) is 3.88. The van der Waals surface area contributed by atoms with E-state index in [2.05, 4.69) is 0 Å². The van der Waals surface area contributed by atoms with Crippen molar-refractivity contribution < 1.29 is 15.0 Å². The lowest BCUT2D eigenvalue weighted by Gasteiger charge is -2.34. The van der Waals surface area contributed by atoms with Gasteiger partial charge in [-0.25, -0.2) is 0 Å². The van der Waals surface area contributed by atoms with Crippen molar-refractivity contribution in [3.8, 4) is 0 Å². The molecule has 2 N–H and O–H groups in total. The number of carboxylic acid groups (broad SMARTS) is 1. The fourth-order valence-corrected chi connectivity index (χ4v) is 2.84. The van der Waals surface area contributed by atoms with Gasteiger partial charge in [-0.1, -0.05) is 36.4 Å². The normalized spacial score (nSPS) is 20.2. The van der Waals surface area contributed by atoms with Gasteiger partial charge in [-0.05, 0) is 43.7 Å². The topological polar surface area (TPSA) is 57.5 Å². The van der Waals surface area contributed by atoms with Crippen molar-refractivity contribution >= 4 is 5.97 Å². The molecule has 102 valence electrons. The van der Waals surface area contributed by atoms with Gasteiger partial charge in [-0.2, -0.15) is 0 Å². The van der Waals surface area contributed by atoms with Crippen LogP contribution in [0.2, 0.25) is 0 Å². The van der Waals surface area contributed by atoms with E-state index in [0.29, 0.717) is 5.56 Å².